The van der Waals surface area contributed by atoms with E-state index in [4.69, 9.17) is 8.83 Å². The van der Waals surface area contributed by atoms with Crippen LogP contribution in [0, 0.1) is 0 Å². The Balaban J connectivity index is 1.08. The molecule has 0 unspecified atom stereocenters. The third-order valence-electron chi connectivity index (χ3n) is 11.0. The first-order valence-electron chi connectivity index (χ1n) is 19.4. The number of hydrogen-bond donors (Lipinski definition) is 0. The molecule has 0 fully saturated rings. The van der Waals surface area contributed by atoms with Gasteiger partial charge >= 0.3 is 0 Å². The number of fused-ring (bicyclic) bond motifs is 14. The maximum absolute atomic E-state index is 6.72. The molecule has 0 radical (unpaired) electrons. The zero-order chi connectivity index (χ0) is 33.5. The van der Waals surface area contributed by atoms with Crippen LogP contribution < -0.4 is 0 Å². The van der Waals surface area contributed by atoms with Crippen LogP contribution in [0.1, 0.15) is 99.7 Å². The second-order valence-corrected chi connectivity index (χ2v) is 14.6. The molecule has 2 aliphatic rings. The lowest BCUT2D eigenvalue weighted by Crippen LogP contribution is -1.91. The van der Waals surface area contributed by atoms with Crippen LogP contribution in [0.5, 0.6) is 0 Å². The Morgan fingerprint density at radius 1 is 0.340 bits per heavy atom. The summed E-state index contributed by atoms with van der Waals surface area (Å²) in [5.41, 5.74) is 9.80. The van der Waals surface area contributed by atoms with Gasteiger partial charge in [-0.25, -0.2) is 0 Å². The molecule has 5 aromatic carbocycles. The molecule has 0 spiro atoms. The standard InChI is InChI=1S/C48H50O2/c1-3-7-17-25-43-47(38-21-13-9-14-22-38)41-33-42-46(34-45(41)49-43)50-44(48(42)39-23-15-10-16-24-39)26-18-8-4-2-6-12-20-36-28-30-37-29-27-35(19-11-5-1)31-40(37)32-36/h9-10,13-16,21-24,27-34H,1-8,11-12,17-20,25-26H2. The van der Waals surface area contributed by atoms with E-state index in [0.717, 1.165) is 48.4 Å². The molecule has 0 saturated carbocycles. The first kappa shape index (κ1) is 32.6. The third kappa shape index (κ3) is 7.31. The van der Waals surface area contributed by atoms with E-state index >= 15 is 0 Å². The van der Waals surface area contributed by atoms with Crippen molar-refractivity contribution in [2.45, 2.75) is 103 Å². The van der Waals surface area contributed by atoms with E-state index in [2.05, 4.69) is 109 Å². The number of benzene rings is 5. The molecular formula is C48H50O2. The largest absolute Gasteiger partial charge is 0.460 e. The van der Waals surface area contributed by atoms with Crippen molar-refractivity contribution in [3.8, 4) is 22.3 Å². The summed E-state index contributed by atoms with van der Waals surface area (Å²) in [5.74, 6) is 2.21. The number of rotatable bonds is 2. The van der Waals surface area contributed by atoms with Crippen molar-refractivity contribution in [2.75, 3.05) is 0 Å². The Labute approximate surface area is 297 Å². The predicted octanol–water partition coefficient (Wildman–Crippen LogP) is 14.2. The lowest BCUT2D eigenvalue weighted by Gasteiger charge is -2.08. The smallest absolute Gasteiger partial charge is 0.138 e. The van der Waals surface area contributed by atoms with Gasteiger partial charge in [0.05, 0.1) is 0 Å². The number of aryl methyl sites for hydroxylation is 4. The summed E-state index contributed by atoms with van der Waals surface area (Å²) in [6, 6.07) is 40.4. The topological polar surface area (TPSA) is 26.3 Å². The van der Waals surface area contributed by atoms with Crippen LogP contribution in [0.3, 0.4) is 0 Å². The van der Waals surface area contributed by atoms with Gasteiger partial charge in [0.15, 0.2) is 0 Å². The highest BCUT2D eigenvalue weighted by Gasteiger charge is 2.22. The fourth-order valence-corrected chi connectivity index (χ4v) is 8.28. The average Bonchev–Trinajstić information content (AvgIpc) is 3.69. The van der Waals surface area contributed by atoms with Crippen molar-refractivity contribution >= 4 is 32.7 Å². The molecule has 9 rings (SSSR count). The fraction of sp³-hybridized carbons (Fsp3) is 0.333. The van der Waals surface area contributed by atoms with E-state index in [1.165, 1.54) is 132 Å². The first-order chi connectivity index (χ1) is 24.8. The van der Waals surface area contributed by atoms with Gasteiger partial charge in [0.2, 0.25) is 0 Å². The summed E-state index contributed by atoms with van der Waals surface area (Å²) in [7, 11) is 0. The third-order valence-corrected chi connectivity index (χ3v) is 11.0. The molecule has 2 heteroatoms. The van der Waals surface area contributed by atoms with Crippen LogP contribution in [0.15, 0.2) is 118 Å². The van der Waals surface area contributed by atoms with Gasteiger partial charge < -0.3 is 8.83 Å². The van der Waals surface area contributed by atoms with Gasteiger partial charge in [-0.2, -0.15) is 0 Å². The Bertz CT molecular complexity index is 2020. The highest BCUT2D eigenvalue weighted by molar-refractivity contribution is 6.07. The van der Waals surface area contributed by atoms with E-state index in [9.17, 15) is 0 Å². The van der Waals surface area contributed by atoms with E-state index in [0.29, 0.717) is 0 Å². The summed E-state index contributed by atoms with van der Waals surface area (Å²) in [5, 5.41) is 5.17. The molecule has 0 atom stereocenters. The molecule has 1 aliphatic heterocycles. The molecule has 0 N–H and O–H groups in total. The minimum absolute atomic E-state index is 0.934. The first-order valence-corrected chi connectivity index (χ1v) is 19.4. The molecule has 0 saturated heterocycles. The Kier molecular flexibility index (Phi) is 10.1. The minimum atomic E-state index is 0.934. The molecule has 7 aromatic rings. The van der Waals surface area contributed by atoms with Gasteiger partial charge in [0, 0.05) is 40.8 Å². The summed E-state index contributed by atoms with van der Waals surface area (Å²) < 4.78 is 13.4. The van der Waals surface area contributed by atoms with Crippen LogP contribution in [0.4, 0.5) is 0 Å². The molecule has 1 aliphatic carbocycles. The average molecular weight is 659 g/mol. The van der Waals surface area contributed by atoms with Crippen molar-refractivity contribution < 1.29 is 8.83 Å². The normalized spacial score (nSPS) is 15.9. The maximum Gasteiger partial charge on any atom is 0.138 e. The number of furan rings is 2. The fourth-order valence-electron chi connectivity index (χ4n) is 8.28. The number of hydrogen-bond acceptors (Lipinski definition) is 2. The Hall–Kier alpha value is -4.56. The van der Waals surface area contributed by atoms with Gasteiger partial charge in [0.1, 0.15) is 22.7 Å². The van der Waals surface area contributed by atoms with Crippen molar-refractivity contribution in [1.29, 1.82) is 0 Å². The van der Waals surface area contributed by atoms with Gasteiger partial charge in [-0.05, 0) is 77.6 Å². The molecule has 3 heterocycles. The second-order valence-electron chi connectivity index (χ2n) is 14.6. The Morgan fingerprint density at radius 3 is 1.22 bits per heavy atom. The lowest BCUT2D eigenvalue weighted by atomic mass is 9.95. The summed E-state index contributed by atoms with van der Waals surface area (Å²) >= 11 is 0. The van der Waals surface area contributed by atoms with Crippen LogP contribution in [0.25, 0.3) is 55.0 Å². The van der Waals surface area contributed by atoms with Crippen LogP contribution in [0.2, 0.25) is 0 Å². The van der Waals surface area contributed by atoms with Crippen molar-refractivity contribution in [3.63, 3.8) is 0 Å². The molecule has 2 nitrogen and oxygen atoms in total. The summed E-state index contributed by atoms with van der Waals surface area (Å²) in [4.78, 5) is 0. The van der Waals surface area contributed by atoms with E-state index < -0.39 is 0 Å². The molecule has 254 valence electrons. The van der Waals surface area contributed by atoms with E-state index in [-0.39, 0.29) is 0 Å². The van der Waals surface area contributed by atoms with Crippen LogP contribution in [-0.2, 0) is 25.7 Å². The molecule has 9 bridgehead atoms. The predicted molar refractivity (Wildman–Crippen MR) is 211 cm³/mol. The van der Waals surface area contributed by atoms with E-state index in [1.807, 2.05) is 0 Å². The second kappa shape index (κ2) is 15.5. The summed E-state index contributed by atoms with van der Waals surface area (Å²) in [6.45, 7) is 0. The molecule has 50 heavy (non-hydrogen) atoms. The van der Waals surface area contributed by atoms with Gasteiger partial charge in [-0.1, -0.05) is 148 Å². The van der Waals surface area contributed by atoms with Gasteiger partial charge in [-0.3, -0.25) is 0 Å². The zero-order valence-electron chi connectivity index (χ0n) is 29.5. The van der Waals surface area contributed by atoms with Crippen molar-refractivity contribution in [1.82, 2.24) is 0 Å². The van der Waals surface area contributed by atoms with Crippen molar-refractivity contribution in [3.05, 3.63) is 132 Å². The van der Waals surface area contributed by atoms with E-state index in [1.54, 1.807) is 0 Å². The maximum atomic E-state index is 6.72. The SMILES string of the molecule is c1ccc(-c2c3oc4cc5oc(c(-c6ccccc6)c5cc24)CCCCCCCCc2ccc4ccc(cc4c2)CCCCCCCC3)cc1. The highest BCUT2D eigenvalue weighted by Crippen LogP contribution is 2.43. The lowest BCUT2D eigenvalue weighted by molar-refractivity contribution is 0.515. The molecular weight excluding hydrogens is 609 g/mol. The summed E-state index contributed by atoms with van der Waals surface area (Å²) in [6.07, 6.45) is 19.3. The van der Waals surface area contributed by atoms with Gasteiger partial charge in [0.25, 0.3) is 0 Å². The van der Waals surface area contributed by atoms with Gasteiger partial charge in [-0.15, -0.1) is 0 Å². The highest BCUT2D eigenvalue weighted by atomic mass is 16.3. The molecule has 0 amide bonds. The van der Waals surface area contributed by atoms with Crippen molar-refractivity contribution in [2.24, 2.45) is 0 Å². The minimum Gasteiger partial charge on any atom is -0.460 e. The quantitative estimate of drug-likeness (QED) is 0.185. The monoisotopic (exact) mass is 658 g/mol. The van der Waals surface area contributed by atoms with Crippen LogP contribution in [-0.4, -0.2) is 0 Å². The van der Waals surface area contributed by atoms with Crippen LogP contribution >= 0.6 is 0 Å². The zero-order valence-corrected chi connectivity index (χ0v) is 29.5. The molecule has 2 aromatic heterocycles. The Morgan fingerprint density at radius 2 is 0.760 bits per heavy atom.